The lowest BCUT2D eigenvalue weighted by atomic mass is 10.3. The summed E-state index contributed by atoms with van der Waals surface area (Å²) in [5.74, 6) is 0.217. The molecule has 17 heavy (non-hydrogen) atoms. The Kier molecular flexibility index (Phi) is 6.92. The van der Waals surface area contributed by atoms with Gasteiger partial charge in [-0.3, -0.25) is 4.79 Å². The van der Waals surface area contributed by atoms with Crippen LogP contribution in [0.2, 0.25) is 0 Å². The fourth-order valence-corrected chi connectivity index (χ4v) is 2.36. The zero-order valence-corrected chi connectivity index (χ0v) is 11.6. The van der Waals surface area contributed by atoms with Crippen LogP contribution in [0.1, 0.15) is 33.1 Å². The van der Waals surface area contributed by atoms with Gasteiger partial charge in [0.05, 0.1) is 0 Å². The molecular weight excluding hydrogens is 238 g/mol. The predicted molar refractivity (Wildman–Crippen MR) is 70.2 cm³/mol. The maximum atomic E-state index is 11.5. The standard InChI is InChI=1S/C12H23NO3S/c1-3-15-12(16-4-2)6-5-7-13-9-10(17)8-11(13)14/h10,12,17H,3-9H2,1-2H3. The first-order valence-corrected chi connectivity index (χ1v) is 6.88. The minimum Gasteiger partial charge on any atom is -0.353 e. The summed E-state index contributed by atoms with van der Waals surface area (Å²) >= 11 is 4.33. The van der Waals surface area contributed by atoms with Crippen LogP contribution >= 0.6 is 12.6 Å². The molecule has 0 radical (unpaired) electrons. The van der Waals surface area contributed by atoms with Crippen LogP contribution < -0.4 is 0 Å². The van der Waals surface area contributed by atoms with Crippen molar-refractivity contribution in [2.24, 2.45) is 0 Å². The van der Waals surface area contributed by atoms with E-state index in [9.17, 15) is 4.79 Å². The van der Waals surface area contributed by atoms with Gasteiger partial charge in [-0.05, 0) is 20.3 Å². The third-order valence-electron chi connectivity index (χ3n) is 2.77. The molecule has 1 heterocycles. The second kappa shape index (κ2) is 7.95. The summed E-state index contributed by atoms with van der Waals surface area (Å²) in [6.45, 7) is 6.80. The van der Waals surface area contributed by atoms with Gasteiger partial charge in [-0.25, -0.2) is 0 Å². The van der Waals surface area contributed by atoms with Gasteiger partial charge in [-0.2, -0.15) is 12.6 Å². The van der Waals surface area contributed by atoms with E-state index < -0.39 is 0 Å². The second-order valence-electron chi connectivity index (χ2n) is 4.18. The molecule has 0 spiro atoms. The number of nitrogens with zero attached hydrogens (tertiary/aromatic N) is 1. The summed E-state index contributed by atoms with van der Waals surface area (Å²) in [7, 11) is 0. The molecule has 5 heteroatoms. The van der Waals surface area contributed by atoms with E-state index in [1.165, 1.54) is 0 Å². The molecule has 0 aliphatic carbocycles. The van der Waals surface area contributed by atoms with Crippen molar-refractivity contribution in [3.8, 4) is 0 Å². The molecule has 0 N–H and O–H groups in total. The highest BCUT2D eigenvalue weighted by molar-refractivity contribution is 7.81. The second-order valence-corrected chi connectivity index (χ2v) is 4.91. The monoisotopic (exact) mass is 261 g/mol. The van der Waals surface area contributed by atoms with E-state index in [2.05, 4.69) is 12.6 Å². The number of ether oxygens (including phenoxy) is 2. The minimum atomic E-state index is -0.130. The smallest absolute Gasteiger partial charge is 0.223 e. The number of carbonyl (C=O) groups is 1. The van der Waals surface area contributed by atoms with Crippen LogP contribution in [0.15, 0.2) is 0 Å². The molecule has 1 rings (SSSR count). The van der Waals surface area contributed by atoms with E-state index in [0.717, 1.165) is 25.9 Å². The molecule has 1 unspecified atom stereocenters. The lowest BCUT2D eigenvalue weighted by Crippen LogP contribution is -2.28. The minimum absolute atomic E-state index is 0.130. The Balaban J connectivity index is 2.19. The van der Waals surface area contributed by atoms with Gasteiger partial charge in [0.25, 0.3) is 0 Å². The molecule has 0 saturated carbocycles. The van der Waals surface area contributed by atoms with Gasteiger partial charge in [0.15, 0.2) is 6.29 Å². The fraction of sp³-hybridized carbons (Fsp3) is 0.917. The highest BCUT2D eigenvalue weighted by atomic mass is 32.1. The van der Waals surface area contributed by atoms with E-state index >= 15 is 0 Å². The Morgan fingerprint density at radius 3 is 2.53 bits per heavy atom. The van der Waals surface area contributed by atoms with Gasteiger partial charge in [0.1, 0.15) is 0 Å². The van der Waals surface area contributed by atoms with Crippen molar-refractivity contribution >= 4 is 18.5 Å². The molecule has 1 aliphatic heterocycles. The van der Waals surface area contributed by atoms with Crippen LogP contribution in [0.25, 0.3) is 0 Å². The maximum Gasteiger partial charge on any atom is 0.223 e. The topological polar surface area (TPSA) is 38.8 Å². The maximum absolute atomic E-state index is 11.5. The average molecular weight is 261 g/mol. The number of likely N-dealkylation sites (tertiary alicyclic amines) is 1. The van der Waals surface area contributed by atoms with Crippen LogP contribution in [0.3, 0.4) is 0 Å². The molecular formula is C12H23NO3S. The van der Waals surface area contributed by atoms with Crippen molar-refractivity contribution in [3.05, 3.63) is 0 Å². The van der Waals surface area contributed by atoms with Crippen LogP contribution in [-0.2, 0) is 14.3 Å². The molecule has 1 saturated heterocycles. The van der Waals surface area contributed by atoms with Crippen LogP contribution in [0, 0.1) is 0 Å². The van der Waals surface area contributed by atoms with Crippen molar-refractivity contribution in [1.82, 2.24) is 4.90 Å². The Hall–Kier alpha value is -0.260. The lowest BCUT2D eigenvalue weighted by Gasteiger charge is -2.19. The molecule has 1 aliphatic rings. The first-order chi connectivity index (χ1) is 8.17. The highest BCUT2D eigenvalue weighted by Gasteiger charge is 2.26. The predicted octanol–water partition coefficient (Wildman–Crippen LogP) is 1.70. The largest absolute Gasteiger partial charge is 0.353 e. The lowest BCUT2D eigenvalue weighted by molar-refractivity contribution is -0.141. The quantitative estimate of drug-likeness (QED) is 0.534. The van der Waals surface area contributed by atoms with Crippen LogP contribution in [0.5, 0.6) is 0 Å². The first kappa shape index (κ1) is 14.8. The summed E-state index contributed by atoms with van der Waals surface area (Å²) < 4.78 is 10.9. The normalized spacial score (nSPS) is 20.6. The molecule has 100 valence electrons. The van der Waals surface area contributed by atoms with Crippen molar-refractivity contribution in [2.45, 2.75) is 44.6 Å². The van der Waals surface area contributed by atoms with E-state index in [0.29, 0.717) is 19.6 Å². The number of rotatable bonds is 8. The first-order valence-electron chi connectivity index (χ1n) is 6.36. The van der Waals surface area contributed by atoms with Crippen LogP contribution in [-0.4, -0.2) is 48.7 Å². The van der Waals surface area contributed by atoms with E-state index in [1.807, 2.05) is 18.7 Å². The van der Waals surface area contributed by atoms with Crippen LogP contribution in [0.4, 0.5) is 0 Å². The Morgan fingerprint density at radius 1 is 1.41 bits per heavy atom. The summed E-state index contributed by atoms with van der Waals surface area (Å²) in [4.78, 5) is 13.4. The van der Waals surface area contributed by atoms with Gasteiger partial charge in [0.2, 0.25) is 5.91 Å². The van der Waals surface area contributed by atoms with Gasteiger partial charge in [-0.1, -0.05) is 0 Å². The van der Waals surface area contributed by atoms with Gasteiger partial charge in [0, 0.05) is 44.4 Å². The van der Waals surface area contributed by atoms with Crippen molar-refractivity contribution in [1.29, 1.82) is 0 Å². The Morgan fingerprint density at radius 2 is 2.06 bits per heavy atom. The summed E-state index contributed by atoms with van der Waals surface area (Å²) in [5, 5.41) is 0.206. The van der Waals surface area contributed by atoms with Gasteiger partial charge in [-0.15, -0.1) is 0 Å². The molecule has 0 aromatic carbocycles. The van der Waals surface area contributed by atoms with Crippen molar-refractivity contribution in [2.75, 3.05) is 26.3 Å². The van der Waals surface area contributed by atoms with E-state index in [-0.39, 0.29) is 17.4 Å². The molecule has 0 aromatic heterocycles. The number of hydrogen-bond donors (Lipinski definition) is 1. The average Bonchev–Trinajstić information content (AvgIpc) is 2.58. The highest BCUT2D eigenvalue weighted by Crippen LogP contribution is 2.17. The third-order valence-corrected chi connectivity index (χ3v) is 3.11. The zero-order valence-electron chi connectivity index (χ0n) is 10.7. The number of thiol groups is 1. The Labute approximate surface area is 109 Å². The van der Waals surface area contributed by atoms with E-state index in [4.69, 9.17) is 9.47 Å². The third kappa shape index (κ3) is 5.27. The Bertz CT molecular complexity index is 232. The number of hydrogen-bond acceptors (Lipinski definition) is 4. The molecule has 4 nitrogen and oxygen atoms in total. The molecule has 0 aromatic rings. The molecule has 1 amide bonds. The summed E-state index contributed by atoms with van der Waals surface area (Å²) in [6.07, 6.45) is 2.19. The van der Waals surface area contributed by atoms with Gasteiger partial charge < -0.3 is 14.4 Å². The fourth-order valence-electron chi connectivity index (χ4n) is 2.00. The zero-order chi connectivity index (χ0) is 12.7. The summed E-state index contributed by atoms with van der Waals surface area (Å²) in [5.41, 5.74) is 0. The van der Waals surface area contributed by atoms with Crippen molar-refractivity contribution in [3.63, 3.8) is 0 Å². The molecule has 1 atom stereocenters. The van der Waals surface area contributed by atoms with Gasteiger partial charge >= 0.3 is 0 Å². The van der Waals surface area contributed by atoms with Crippen molar-refractivity contribution < 1.29 is 14.3 Å². The SMILES string of the molecule is CCOC(CCCN1CC(S)CC1=O)OCC. The number of carbonyl (C=O) groups excluding carboxylic acids is 1. The number of amides is 1. The summed E-state index contributed by atoms with van der Waals surface area (Å²) in [6, 6.07) is 0. The van der Waals surface area contributed by atoms with E-state index in [1.54, 1.807) is 0 Å². The molecule has 0 bridgehead atoms. The molecule has 1 fully saturated rings.